The zero-order chi connectivity index (χ0) is 12.1. The fourth-order valence-corrected chi connectivity index (χ4v) is 1.38. The molecule has 1 rings (SSSR count). The Labute approximate surface area is 99.1 Å². The lowest BCUT2D eigenvalue weighted by Crippen LogP contribution is -2.18. The average Bonchev–Trinajstić information content (AvgIpc) is 2.21. The largest absolute Gasteiger partial charge is 0.388 e. The van der Waals surface area contributed by atoms with Gasteiger partial charge in [-0.25, -0.2) is 0 Å². The SMILES string of the molecule is COCC(=O)Nc1c(Br)ccnc1[N+](=O)[O-]. The summed E-state index contributed by atoms with van der Waals surface area (Å²) in [6.45, 7) is -0.182. The summed E-state index contributed by atoms with van der Waals surface area (Å²) < 4.78 is 4.99. The standard InChI is InChI=1S/C8H8BrN3O4/c1-16-4-6(13)11-7-5(9)2-3-10-8(7)12(14)15/h2-3H,4H2,1H3,(H,11,13). The number of anilines is 1. The van der Waals surface area contributed by atoms with Gasteiger partial charge in [-0.3, -0.25) is 4.79 Å². The lowest BCUT2D eigenvalue weighted by atomic mass is 10.4. The predicted molar refractivity (Wildman–Crippen MR) is 59.1 cm³/mol. The van der Waals surface area contributed by atoms with Gasteiger partial charge in [-0.2, -0.15) is 0 Å². The maximum absolute atomic E-state index is 11.2. The molecule has 1 N–H and O–H groups in total. The van der Waals surface area contributed by atoms with Gasteiger partial charge < -0.3 is 20.2 Å². The number of nitrogens with one attached hydrogen (secondary N) is 1. The number of aromatic nitrogens is 1. The smallest absolute Gasteiger partial charge is 0.375 e. The van der Waals surface area contributed by atoms with Gasteiger partial charge in [-0.1, -0.05) is 0 Å². The average molecular weight is 290 g/mol. The number of pyridine rings is 1. The molecule has 0 aliphatic carbocycles. The first-order valence-corrected chi connectivity index (χ1v) is 4.93. The Hall–Kier alpha value is -1.54. The zero-order valence-corrected chi connectivity index (χ0v) is 9.85. The summed E-state index contributed by atoms with van der Waals surface area (Å²) in [6.07, 6.45) is 1.27. The van der Waals surface area contributed by atoms with Crippen molar-refractivity contribution in [2.75, 3.05) is 19.0 Å². The van der Waals surface area contributed by atoms with Crippen LogP contribution < -0.4 is 5.32 Å². The number of hydrogen-bond acceptors (Lipinski definition) is 5. The van der Waals surface area contributed by atoms with Crippen LogP contribution in [0.3, 0.4) is 0 Å². The van der Waals surface area contributed by atoms with E-state index in [9.17, 15) is 14.9 Å². The third kappa shape index (κ3) is 2.97. The molecule has 1 aromatic rings. The maximum atomic E-state index is 11.2. The number of carbonyl (C=O) groups is 1. The lowest BCUT2D eigenvalue weighted by Gasteiger charge is -2.06. The quantitative estimate of drug-likeness (QED) is 0.667. The molecule has 0 aliphatic heterocycles. The normalized spacial score (nSPS) is 9.88. The summed E-state index contributed by atoms with van der Waals surface area (Å²) in [7, 11) is 1.35. The van der Waals surface area contributed by atoms with E-state index in [1.165, 1.54) is 19.4 Å². The lowest BCUT2D eigenvalue weighted by molar-refractivity contribution is -0.388. The third-order valence-electron chi connectivity index (χ3n) is 1.59. The summed E-state index contributed by atoms with van der Waals surface area (Å²) >= 11 is 3.10. The molecule has 8 heteroatoms. The van der Waals surface area contributed by atoms with Crippen molar-refractivity contribution >= 4 is 33.3 Å². The van der Waals surface area contributed by atoms with Crippen molar-refractivity contribution in [1.82, 2.24) is 4.98 Å². The summed E-state index contributed by atoms with van der Waals surface area (Å²) in [5, 5.41) is 13.0. The first kappa shape index (κ1) is 12.5. The van der Waals surface area contributed by atoms with Crippen LogP contribution in [0.5, 0.6) is 0 Å². The summed E-state index contributed by atoms with van der Waals surface area (Å²) in [6, 6.07) is 1.50. The van der Waals surface area contributed by atoms with Crippen molar-refractivity contribution in [2.45, 2.75) is 0 Å². The highest BCUT2D eigenvalue weighted by Gasteiger charge is 2.19. The Morgan fingerprint density at radius 1 is 1.75 bits per heavy atom. The molecule has 0 aliphatic rings. The minimum Gasteiger partial charge on any atom is -0.375 e. The van der Waals surface area contributed by atoms with Gasteiger partial charge in [-0.15, -0.1) is 0 Å². The molecule has 0 unspecified atom stereocenters. The van der Waals surface area contributed by atoms with E-state index < -0.39 is 16.6 Å². The van der Waals surface area contributed by atoms with Gasteiger partial charge in [0.1, 0.15) is 12.8 Å². The molecule has 0 fully saturated rings. The van der Waals surface area contributed by atoms with Gasteiger partial charge >= 0.3 is 5.82 Å². The number of ether oxygens (including phenoxy) is 1. The highest BCUT2D eigenvalue weighted by molar-refractivity contribution is 9.10. The van der Waals surface area contributed by atoms with Gasteiger partial charge in [0.15, 0.2) is 5.69 Å². The van der Waals surface area contributed by atoms with Crippen molar-refractivity contribution in [1.29, 1.82) is 0 Å². The molecular formula is C8H8BrN3O4. The fraction of sp³-hybridized carbons (Fsp3) is 0.250. The molecule has 86 valence electrons. The minimum atomic E-state index is -0.673. The van der Waals surface area contributed by atoms with Crippen LogP contribution in [-0.2, 0) is 9.53 Å². The number of carbonyl (C=O) groups excluding carboxylic acids is 1. The second-order valence-electron chi connectivity index (χ2n) is 2.73. The molecule has 1 aromatic heterocycles. The van der Waals surface area contributed by atoms with Crippen molar-refractivity contribution in [3.63, 3.8) is 0 Å². The van der Waals surface area contributed by atoms with Crippen LogP contribution in [-0.4, -0.2) is 29.5 Å². The second-order valence-corrected chi connectivity index (χ2v) is 3.58. The minimum absolute atomic E-state index is 0.0227. The molecule has 0 radical (unpaired) electrons. The summed E-state index contributed by atoms with van der Waals surface area (Å²) in [5.74, 6) is -0.905. The zero-order valence-electron chi connectivity index (χ0n) is 8.27. The molecule has 0 atom stereocenters. The van der Waals surface area contributed by atoms with Gasteiger partial charge in [0, 0.05) is 7.11 Å². The maximum Gasteiger partial charge on any atom is 0.388 e. The van der Waals surface area contributed by atoms with E-state index in [0.717, 1.165) is 0 Å². The monoisotopic (exact) mass is 289 g/mol. The van der Waals surface area contributed by atoms with Crippen LogP contribution in [0.15, 0.2) is 16.7 Å². The molecule has 0 saturated heterocycles. The third-order valence-corrected chi connectivity index (χ3v) is 2.25. The van der Waals surface area contributed by atoms with Crippen LogP contribution >= 0.6 is 15.9 Å². The number of methoxy groups -OCH3 is 1. The van der Waals surface area contributed by atoms with Crippen molar-refractivity contribution < 1.29 is 14.5 Å². The van der Waals surface area contributed by atoms with Gasteiger partial charge in [0.25, 0.3) is 5.91 Å². The fourth-order valence-electron chi connectivity index (χ4n) is 0.989. The van der Waals surface area contributed by atoms with Crippen LogP contribution in [0.4, 0.5) is 11.5 Å². The molecule has 0 spiro atoms. The molecule has 7 nitrogen and oxygen atoms in total. The van der Waals surface area contributed by atoms with E-state index in [4.69, 9.17) is 0 Å². The van der Waals surface area contributed by atoms with Crippen molar-refractivity contribution in [3.8, 4) is 0 Å². The number of amides is 1. The van der Waals surface area contributed by atoms with E-state index in [1.54, 1.807) is 0 Å². The van der Waals surface area contributed by atoms with E-state index in [0.29, 0.717) is 4.47 Å². The van der Waals surface area contributed by atoms with Crippen LogP contribution in [0.1, 0.15) is 0 Å². The molecule has 0 saturated carbocycles. The molecule has 0 aromatic carbocycles. The van der Waals surface area contributed by atoms with E-state index in [2.05, 4.69) is 31.0 Å². The highest BCUT2D eigenvalue weighted by atomic mass is 79.9. The van der Waals surface area contributed by atoms with Crippen LogP contribution in [0.2, 0.25) is 0 Å². The van der Waals surface area contributed by atoms with E-state index in [1.807, 2.05) is 0 Å². The van der Waals surface area contributed by atoms with Crippen molar-refractivity contribution in [2.24, 2.45) is 0 Å². The Balaban J connectivity index is 3.01. The molecule has 0 bridgehead atoms. The predicted octanol–water partition coefficient (Wildman–Crippen LogP) is 1.34. The molecule has 1 heterocycles. The molecular weight excluding hydrogens is 282 g/mol. The Morgan fingerprint density at radius 3 is 3.00 bits per heavy atom. The topological polar surface area (TPSA) is 94.4 Å². The first-order chi connectivity index (χ1) is 7.56. The molecule has 16 heavy (non-hydrogen) atoms. The van der Waals surface area contributed by atoms with E-state index >= 15 is 0 Å². The number of nitro groups is 1. The first-order valence-electron chi connectivity index (χ1n) is 4.14. The molecule has 1 amide bonds. The van der Waals surface area contributed by atoms with Crippen LogP contribution in [0.25, 0.3) is 0 Å². The van der Waals surface area contributed by atoms with Gasteiger partial charge in [0.05, 0.1) is 4.47 Å². The van der Waals surface area contributed by atoms with Crippen molar-refractivity contribution in [3.05, 3.63) is 26.9 Å². The van der Waals surface area contributed by atoms with Gasteiger partial charge in [-0.05, 0) is 31.9 Å². The van der Waals surface area contributed by atoms with Gasteiger partial charge in [0.2, 0.25) is 0 Å². The summed E-state index contributed by atoms with van der Waals surface area (Å²) in [5.41, 5.74) is 0.0227. The number of hydrogen-bond donors (Lipinski definition) is 1. The highest BCUT2D eigenvalue weighted by Crippen LogP contribution is 2.29. The number of rotatable bonds is 4. The summed E-state index contributed by atoms with van der Waals surface area (Å²) in [4.78, 5) is 24.8. The Bertz CT molecular complexity index is 424. The second kappa shape index (κ2) is 5.52. The van der Waals surface area contributed by atoms with Crippen LogP contribution in [0, 0.1) is 10.1 Å². The number of nitrogens with zero attached hydrogens (tertiary/aromatic N) is 2. The van der Waals surface area contributed by atoms with E-state index in [-0.39, 0.29) is 12.3 Å². The Morgan fingerprint density at radius 2 is 2.44 bits per heavy atom. The number of halogens is 1. The Kier molecular flexibility index (Phi) is 4.32.